The highest BCUT2D eigenvalue weighted by atomic mass is 16.5. The summed E-state index contributed by atoms with van der Waals surface area (Å²) in [6.07, 6.45) is 3.97. The van der Waals surface area contributed by atoms with Crippen molar-refractivity contribution >= 4 is 16.8 Å². The Bertz CT molecular complexity index is 1080. The molecule has 0 bridgehead atoms. The van der Waals surface area contributed by atoms with Crippen molar-refractivity contribution in [3.05, 3.63) is 58.7 Å². The number of nitrogens with zero attached hydrogens (tertiary/aromatic N) is 1. The molecule has 0 spiro atoms. The first-order valence-electron chi connectivity index (χ1n) is 11.1. The number of likely N-dealkylation sites (tertiary alicyclic amines) is 1. The molecule has 3 heterocycles. The van der Waals surface area contributed by atoms with Crippen LogP contribution in [0.4, 0.5) is 0 Å². The average molecular weight is 404 g/mol. The Morgan fingerprint density at radius 2 is 1.90 bits per heavy atom. The zero-order chi connectivity index (χ0) is 20.5. The van der Waals surface area contributed by atoms with E-state index in [1.165, 1.54) is 43.3 Å². The molecule has 1 saturated heterocycles. The highest BCUT2D eigenvalue weighted by Crippen LogP contribution is 2.33. The molecule has 5 heteroatoms. The maximum atomic E-state index is 12.5. The first kappa shape index (κ1) is 19.3. The summed E-state index contributed by atoms with van der Waals surface area (Å²) in [5.41, 5.74) is 7.36. The third-order valence-corrected chi connectivity index (χ3v) is 6.25. The zero-order valence-electron chi connectivity index (χ0n) is 17.6. The van der Waals surface area contributed by atoms with Crippen LogP contribution in [0.3, 0.4) is 0 Å². The summed E-state index contributed by atoms with van der Waals surface area (Å²) in [6.45, 7) is 7.23. The summed E-state index contributed by atoms with van der Waals surface area (Å²) in [5, 5.41) is 4.16. The second kappa shape index (κ2) is 8.25. The minimum Gasteiger partial charge on any atom is -0.377 e. The third-order valence-electron chi connectivity index (χ3n) is 6.25. The van der Waals surface area contributed by atoms with Crippen LogP contribution in [0.2, 0.25) is 0 Å². The number of amides is 1. The molecule has 0 saturated carbocycles. The number of nitrogens with one attached hydrogen (secondary N) is 2. The van der Waals surface area contributed by atoms with E-state index in [4.69, 9.17) is 4.74 Å². The largest absolute Gasteiger partial charge is 0.377 e. The maximum absolute atomic E-state index is 12.5. The van der Waals surface area contributed by atoms with Gasteiger partial charge in [-0.25, -0.2) is 0 Å². The molecular formula is C25H29N3O2. The van der Waals surface area contributed by atoms with E-state index < -0.39 is 0 Å². The van der Waals surface area contributed by atoms with Gasteiger partial charge in [-0.15, -0.1) is 0 Å². The standard InChI is InChI=1S/C25H29N3O2/c1-2-30-16-18-11-20-14-26-25(29)24(20)21(12-18)23-13-19-10-17(6-7-22(19)27-23)15-28-8-4-3-5-9-28/h6-7,10-13,27H,2-5,8-9,14-16H2,1H3,(H,26,29). The smallest absolute Gasteiger partial charge is 0.252 e. The SMILES string of the molecule is CCOCc1cc2c(c(-c3cc4cc(CN5CCCCC5)ccc4[nH]3)c1)C(=O)NC2. The van der Waals surface area contributed by atoms with Gasteiger partial charge in [0.1, 0.15) is 0 Å². The maximum Gasteiger partial charge on any atom is 0.252 e. The Labute approximate surface area is 177 Å². The van der Waals surface area contributed by atoms with Gasteiger partial charge in [-0.3, -0.25) is 9.69 Å². The van der Waals surface area contributed by atoms with Crippen LogP contribution < -0.4 is 5.32 Å². The van der Waals surface area contributed by atoms with Gasteiger partial charge in [0, 0.05) is 41.9 Å². The number of H-pyrrole nitrogens is 1. The number of carbonyl (C=O) groups is 1. The van der Waals surface area contributed by atoms with Gasteiger partial charge in [0.15, 0.2) is 0 Å². The Kier molecular flexibility index (Phi) is 5.32. The van der Waals surface area contributed by atoms with Gasteiger partial charge in [0.05, 0.1) is 12.2 Å². The van der Waals surface area contributed by atoms with Crippen molar-refractivity contribution in [2.75, 3.05) is 19.7 Å². The summed E-state index contributed by atoms with van der Waals surface area (Å²) in [7, 11) is 0. The fraction of sp³-hybridized carbons (Fsp3) is 0.400. The van der Waals surface area contributed by atoms with Crippen LogP contribution in [0.5, 0.6) is 0 Å². The first-order chi connectivity index (χ1) is 14.7. The number of carbonyl (C=O) groups excluding carboxylic acids is 1. The summed E-state index contributed by atoms with van der Waals surface area (Å²) in [6, 6.07) is 13.0. The lowest BCUT2D eigenvalue weighted by atomic mass is 9.97. The van der Waals surface area contributed by atoms with E-state index in [-0.39, 0.29) is 5.91 Å². The molecule has 1 aromatic heterocycles. The van der Waals surface area contributed by atoms with Crippen LogP contribution in [-0.4, -0.2) is 35.5 Å². The number of aromatic amines is 1. The van der Waals surface area contributed by atoms with Crippen LogP contribution in [0.25, 0.3) is 22.2 Å². The molecule has 2 aliphatic rings. The van der Waals surface area contributed by atoms with Gasteiger partial charge in [-0.05, 0) is 73.8 Å². The van der Waals surface area contributed by atoms with Crippen molar-refractivity contribution in [2.45, 2.75) is 45.9 Å². The third kappa shape index (κ3) is 3.75. The molecule has 2 N–H and O–H groups in total. The van der Waals surface area contributed by atoms with E-state index in [1.807, 2.05) is 6.92 Å². The number of hydrogen-bond acceptors (Lipinski definition) is 3. The number of aromatic nitrogens is 1. The number of benzene rings is 2. The monoisotopic (exact) mass is 403 g/mol. The molecule has 2 aliphatic heterocycles. The topological polar surface area (TPSA) is 57.4 Å². The molecule has 1 amide bonds. The predicted octanol–water partition coefficient (Wildman–Crippen LogP) is 4.60. The number of ether oxygens (including phenoxy) is 1. The van der Waals surface area contributed by atoms with Crippen LogP contribution in [0.15, 0.2) is 36.4 Å². The molecule has 30 heavy (non-hydrogen) atoms. The fourth-order valence-electron chi connectivity index (χ4n) is 4.76. The van der Waals surface area contributed by atoms with Crippen molar-refractivity contribution in [3.8, 4) is 11.3 Å². The minimum absolute atomic E-state index is 0.00686. The van der Waals surface area contributed by atoms with Gasteiger partial charge in [0.2, 0.25) is 0 Å². The fourth-order valence-corrected chi connectivity index (χ4v) is 4.76. The van der Waals surface area contributed by atoms with Gasteiger partial charge in [0.25, 0.3) is 5.91 Å². The summed E-state index contributed by atoms with van der Waals surface area (Å²) < 4.78 is 5.62. The minimum atomic E-state index is 0.00686. The van der Waals surface area contributed by atoms with Crippen molar-refractivity contribution < 1.29 is 9.53 Å². The average Bonchev–Trinajstić information content (AvgIpc) is 3.36. The molecule has 5 rings (SSSR count). The molecule has 5 nitrogen and oxygen atoms in total. The van der Waals surface area contributed by atoms with Crippen molar-refractivity contribution in [3.63, 3.8) is 0 Å². The summed E-state index contributed by atoms with van der Waals surface area (Å²) >= 11 is 0. The van der Waals surface area contributed by atoms with Crippen molar-refractivity contribution in [1.29, 1.82) is 0 Å². The van der Waals surface area contributed by atoms with E-state index in [0.29, 0.717) is 19.8 Å². The van der Waals surface area contributed by atoms with Crippen molar-refractivity contribution in [2.24, 2.45) is 0 Å². The molecule has 156 valence electrons. The Balaban J connectivity index is 1.49. The van der Waals surface area contributed by atoms with E-state index in [1.54, 1.807) is 0 Å². The number of rotatable bonds is 6. The molecule has 0 radical (unpaired) electrons. The lowest BCUT2D eigenvalue weighted by molar-refractivity contribution is 0.0966. The molecule has 1 fully saturated rings. The molecule has 2 aromatic carbocycles. The van der Waals surface area contributed by atoms with E-state index in [0.717, 1.165) is 40.0 Å². The lowest BCUT2D eigenvalue weighted by Gasteiger charge is -2.26. The van der Waals surface area contributed by atoms with E-state index >= 15 is 0 Å². The predicted molar refractivity (Wildman–Crippen MR) is 119 cm³/mol. The Morgan fingerprint density at radius 3 is 2.73 bits per heavy atom. The van der Waals surface area contributed by atoms with Crippen LogP contribution >= 0.6 is 0 Å². The molecule has 0 aliphatic carbocycles. The van der Waals surface area contributed by atoms with Gasteiger partial charge < -0.3 is 15.0 Å². The van der Waals surface area contributed by atoms with Gasteiger partial charge in [-0.2, -0.15) is 0 Å². The van der Waals surface area contributed by atoms with Crippen LogP contribution in [-0.2, 0) is 24.4 Å². The second-order valence-corrected chi connectivity index (χ2v) is 8.44. The second-order valence-electron chi connectivity index (χ2n) is 8.44. The summed E-state index contributed by atoms with van der Waals surface area (Å²) in [5.74, 6) is 0.00686. The van der Waals surface area contributed by atoms with E-state index in [9.17, 15) is 4.79 Å². The highest BCUT2D eigenvalue weighted by Gasteiger charge is 2.25. The Hall–Kier alpha value is -2.63. The molecule has 3 aromatic rings. The van der Waals surface area contributed by atoms with Gasteiger partial charge >= 0.3 is 0 Å². The molecule has 0 atom stereocenters. The van der Waals surface area contributed by atoms with Crippen molar-refractivity contribution in [1.82, 2.24) is 15.2 Å². The van der Waals surface area contributed by atoms with Crippen LogP contribution in [0, 0.1) is 0 Å². The normalized spacial score (nSPS) is 16.8. The number of piperidine rings is 1. The number of fused-ring (bicyclic) bond motifs is 2. The van der Waals surface area contributed by atoms with Crippen LogP contribution in [0.1, 0.15) is 53.2 Å². The quantitative estimate of drug-likeness (QED) is 0.632. The first-order valence-corrected chi connectivity index (χ1v) is 11.1. The lowest BCUT2D eigenvalue weighted by Crippen LogP contribution is -2.28. The molecule has 0 unspecified atom stereocenters. The number of hydrogen-bond donors (Lipinski definition) is 2. The van der Waals surface area contributed by atoms with Gasteiger partial charge in [-0.1, -0.05) is 18.6 Å². The zero-order valence-corrected chi connectivity index (χ0v) is 17.6. The molecular weight excluding hydrogens is 374 g/mol. The Morgan fingerprint density at radius 1 is 1.03 bits per heavy atom. The highest BCUT2D eigenvalue weighted by molar-refractivity contribution is 6.05. The summed E-state index contributed by atoms with van der Waals surface area (Å²) in [4.78, 5) is 18.6. The van der Waals surface area contributed by atoms with E-state index in [2.05, 4.69) is 51.6 Å².